The molecule has 88 valence electrons. The summed E-state index contributed by atoms with van der Waals surface area (Å²) in [5.41, 5.74) is 1.36. The van der Waals surface area contributed by atoms with Crippen LogP contribution >= 0.6 is 11.3 Å². The number of thiophene rings is 1. The topological polar surface area (TPSA) is 54.9 Å². The molecule has 5 heteroatoms. The van der Waals surface area contributed by atoms with Crippen LogP contribution in [0, 0.1) is 0 Å². The van der Waals surface area contributed by atoms with E-state index >= 15 is 0 Å². The van der Waals surface area contributed by atoms with E-state index in [0.29, 0.717) is 12.1 Å². The fraction of sp³-hybridized carbons (Fsp3) is 0.333. The second kappa shape index (κ2) is 4.00. The fourth-order valence-electron chi connectivity index (χ4n) is 1.94. The molecular formula is C12H12N2O2S. The molecule has 0 unspecified atom stereocenters. The van der Waals surface area contributed by atoms with E-state index in [9.17, 15) is 9.59 Å². The monoisotopic (exact) mass is 248 g/mol. The second-order valence-electron chi connectivity index (χ2n) is 4.35. The van der Waals surface area contributed by atoms with Gasteiger partial charge in [-0.2, -0.15) is 11.3 Å². The first-order chi connectivity index (χ1) is 8.24. The van der Waals surface area contributed by atoms with Crippen LogP contribution in [-0.4, -0.2) is 9.55 Å². The highest BCUT2D eigenvalue weighted by Crippen LogP contribution is 2.31. The molecule has 0 saturated heterocycles. The minimum absolute atomic E-state index is 0.126. The Bertz CT molecular complexity index is 604. The van der Waals surface area contributed by atoms with E-state index < -0.39 is 0 Å². The standard InChI is InChI=1S/C12H12N2O2S/c15-11-6-9(5-8-3-4-17-7-8)13-12(16)14(11)10-1-2-10/h3-4,6-7,10H,1-2,5H2,(H,13,16). The molecule has 0 bridgehead atoms. The van der Waals surface area contributed by atoms with Gasteiger partial charge in [-0.15, -0.1) is 0 Å². The number of nitrogens with one attached hydrogen (secondary N) is 1. The van der Waals surface area contributed by atoms with Crippen LogP contribution in [0.25, 0.3) is 0 Å². The van der Waals surface area contributed by atoms with Crippen molar-refractivity contribution in [2.45, 2.75) is 25.3 Å². The molecule has 0 amide bonds. The Hall–Kier alpha value is -1.62. The SMILES string of the molecule is O=c1cc(Cc2ccsc2)[nH]c(=O)n1C1CC1. The van der Waals surface area contributed by atoms with Crippen LogP contribution in [0.4, 0.5) is 0 Å². The third kappa shape index (κ3) is 2.10. The summed E-state index contributed by atoms with van der Waals surface area (Å²) in [5.74, 6) is 0. The number of nitrogens with zero attached hydrogens (tertiary/aromatic N) is 1. The number of hydrogen-bond acceptors (Lipinski definition) is 3. The zero-order valence-corrected chi connectivity index (χ0v) is 10.00. The quantitative estimate of drug-likeness (QED) is 0.895. The molecule has 2 aromatic heterocycles. The van der Waals surface area contributed by atoms with Crippen LogP contribution in [0.2, 0.25) is 0 Å². The molecule has 1 aliphatic carbocycles. The van der Waals surface area contributed by atoms with Crippen LogP contribution in [0.5, 0.6) is 0 Å². The van der Waals surface area contributed by atoms with E-state index in [1.54, 1.807) is 11.3 Å². The first kappa shape index (κ1) is 10.5. The van der Waals surface area contributed by atoms with Gasteiger partial charge in [0.25, 0.3) is 5.56 Å². The maximum atomic E-state index is 11.8. The molecule has 1 aliphatic rings. The lowest BCUT2D eigenvalue weighted by Crippen LogP contribution is -2.34. The lowest BCUT2D eigenvalue weighted by molar-refractivity contribution is 0.648. The molecular weight excluding hydrogens is 236 g/mol. The fourth-order valence-corrected chi connectivity index (χ4v) is 2.61. The Morgan fingerprint density at radius 3 is 2.82 bits per heavy atom. The zero-order valence-electron chi connectivity index (χ0n) is 9.18. The molecule has 0 aromatic carbocycles. The summed E-state index contributed by atoms with van der Waals surface area (Å²) >= 11 is 1.61. The predicted molar refractivity (Wildman–Crippen MR) is 66.7 cm³/mol. The number of hydrogen-bond donors (Lipinski definition) is 1. The minimum Gasteiger partial charge on any atom is -0.311 e. The van der Waals surface area contributed by atoms with Gasteiger partial charge in [-0.25, -0.2) is 4.79 Å². The molecule has 1 saturated carbocycles. The van der Waals surface area contributed by atoms with Gasteiger partial charge in [0.05, 0.1) is 0 Å². The van der Waals surface area contributed by atoms with Gasteiger partial charge in [-0.1, -0.05) is 0 Å². The Morgan fingerprint density at radius 1 is 1.41 bits per heavy atom. The summed E-state index contributed by atoms with van der Waals surface area (Å²) in [7, 11) is 0. The third-order valence-corrected chi connectivity index (χ3v) is 3.64. The summed E-state index contributed by atoms with van der Waals surface area (Å²) in [4.78, 5) is 26.4. The normalized spacial score (nSPS) is 15.1. The van der Waals surface area contributed by atoms with Crippen molar-refractivity contribution in [1.82, 2.24) is 9.55 Å². The van der Waals surface area contributed by atoms with Crippen molar-refractivity contribution in [1.29, 1.82) is 0 Å². The number of aromatic nitrogens is 2. The van der Waals surface area contributed by atoms with Gasteiger partial charge in [-0.05, 0) is 35.2 Å². The highest BCUT2D eigenvalue weighted by atomic mass is 32.1. The van der Waals surface area contributed by atoms with E-state index in [-0.39, 0.29) is 17.3 Å². The summed E-state index contributed by atoms with van der Waals surface area (Å²) < 4.78 is 1.33. The molecule has 3 rings (SSSR count). The summed E-state index contributed by atoms with van der Waals surface area (Å²) in [6.07, 6.45) is 2.49. The molecule has 0 aliphatic heterocycles. The van der Waals surface area contributed by atoms with Crippen molar-refractivity contribution < 1.29 is 0 Å². The second-order valence-corrected chi connectivity index (χ2v) is 5.13. The van der Waals surface area contributed by atoms with E-state index in [1.807, 2.05) is 16.8 Å². The van der Waals surface area contributed by atoms with Gasteiger partial charge < -0.3 is 4.98 Å². The van der Waals surface area contributed by atoms with E-state index in [2.05, 4.69) is 4.98 Å². The highest BCUT2D eigenvalue weighted by molar-refractivity contribution is 7.07. The van der Waals surface area contributed by atoms with Crippen LogP contribution in [0.15, 0.2) is 32.5 Å². The molecule has 0 radical (unpaired) electrons. The van der Waals surface area contributed by atoms with E-state index in [1.165, 1.54) is 10.6 Å². The van der Waals surface area contributed by atoms with Gasteiger partial charge in [0.15, 0.2) is 0 Å². The first-order valence-electron chi connectivity index (χ1n) is 5.60. The molecule has 17 heavy (non-hydrogen) atoms. The maximum Gasteiger partial charge on any atom is 0.328 e. The average Bonchev–Trinajstić information content (AvgIpc) is 2.95. The lowest BCUT2D eigenvalue weighted by Gasteiger charge is -2.04. The number of rotatable bonds is 3. The highest BCUT2D eigenvalue weighted by Gasteiger charge is 2.26. The van der Waals surface area contributed by atoms with Gasteiger partial charge in [0, 0.05) is 24.2 Å². The summed E-state index contributed by atoms with van der Waals surface area (Å²) in [5, 5.41) is 4.00. The van der Waals surface area contributed by atoms with Crippen molar-refractivity contribution in [3.8, 4) is 0 Å². The Kier molecular flexibility index (Phi) is 2.48. The number of aromatic amines is 1. The molecule has 1 N–H and O–H groups in total. The van der Waals surface area contributed by atoms with E-state index in [0.717, 1.165) is 18.4 Å². The van der Waals surface area contributed by atoms with Gasteiger partial charge in [-0.3, -0.25) is 9.36 Å². The van der Waals surface area contributed by atoms with Gasteiger partial charge >= 0.3 is 5.69 Å². The smallest absolute Gasteiger partial charge is 0.311 e. The van der Waals surface area contributed by atoms with Crippen molar-refractivity contribution in [3.05, 3.63) is 55.0 Å². The maximum absolute atomic E-state index is 11.8. The van der Waals surface area contributed by atoms with Crippen LogP contribution in [0.1, 0.15) is 30.1 Å². The molecule has 0 spiro atoms. The lowest BCUT2D eigenvalue weighted by atomic mass is 10.2. The van der Waals surface area contributed by atoms with Crippen LogP contribution in [-0.2, 0) is 6.42 Å². The summed E-state index contributed by atoms with van der Waals surface area (Å²) in [6.45, 7) is 0. The molecule has 1 fully saturated rings. The third-order valence-electron chi connectivity index (χ3n) is 2.91. The minimum atomic E-state index is -0.273. The number of H-pyrrole nitrogens is 1. The molecule has 2 aromatic rings. The van der Waals surface area contributed by atoms with Crippen molar-refractivity contribution in [2.75, 3.05) is 0 Å². The first-order valence-corrected chi connectivity index (χ1v) is 6.54. The van der Waals surface area contributed by atoms with Crippen LogP contribution in [0.3, 0.4) is 0 Å². The Morgan fingerprint density at radius 2 is 2.24 bits per heavy atom. The zero-order chi connectivity index (χ0) is 11.8. The van der Waals surface area contributed by atoms with Gasteiger partial charge in [0.2, 0.25) is 0 Å². The summed E-state index contributed by atoms with van der Waals surface area (Å²) in [6, 6.07) is 3.66. The Labute approximate surface area is 102 Å². The molecule has 2 heterocycles. The van der Waals surface area contributed by atoms with Gasteiger partial charge in [0.1, 0.15) is 0 Å². The largest absolute Gasteiger partial charge is 0.328 e. The van der Waals surface area contributed by atoms with Crippen LogP contribution < -0.4 is 11.2 Å². The van der Waals surface area contributed by atoms with Crippen molar-refractivity contribution in [3.63, 3.8) is 0 Å². The molecule has 0 atom stereocenters. The average molecular weight is 248 g/mol. The Balaban J connectivity index is 1.97. The van der Waals surface area contributed by atoms with Crippen molar-refractivity contribution >= 4 is 11.3 Å². The molecule has 4 nitrogen and oxygen atoms in total. The van der Waals surface area contributed by atoms with Crippen molar-refractivity contribution in [2.24, 2.45) is 0 Å². The van der Waals surface area contributed by atoms with E-state index in [4.69, 9.17) is 0 Å². The predicted octanol–water partition coefficient (Wildman–Crippen LogP) is 1.52.